The summed E-state index contributed by atoms with van der Waals surface area (Å²) in [5.41, 5.74) is 1.78. The third kappa shape index (κ3) is 2.53. The van der Waals surface area contributed by atoms with E-state index in [0.29, 0.717) is 12.3 Å². The highest BCUT2D eigenvalue weighted by atomic mass is 16.2. The number of nitrogens with zero attached hydrogens (tertiary/aromatic N) is 7. The van der Waals surface area contributed by atoms with E-state index in [9.17, 15) is 4.79 Å². The lowest BCUT2D eigenvalue weighted by molar-refractivity contribution is 0.0709. The van der Waals surface area contributed by atoms with Crippen LogP contribution in [-0.2, 0) is 6.54 Å². The molecule has 4 heterocycles. The van der Waals surface area contributed by atoms with Gasteiger partial charge in [-0.05, 0) is 38.8 Å². The third-order valence-electron chi connectivity index (χ3n) is 4.40. The Balaban J connectivity index is 1.61. The number of carbonyl (C=O) groups excluding carboxylic acids is 1. The van der Waals surface area contributed by atoms with E-state index >= 15 is 0 Å². The maximum absolute atomic E-state index is 12.9. The second kappa shape index (κ2) is 5.70. The lowest BCUT2D eigenvalue weighted by Gasteiger charge is -2.23. The Labute approximate surface area is 139 Å². The standard InChI is InChI=1S/C16H19N7O/c1-11-9-12(2)23-16(18-11)19-14(20-23)15(24)22-8-3-5-13(22)10-21-7-4-6-17-21/h4,6-7,9,13H,3,5,8,10H2,1-2H3. The van der Waals surface area contributed by atoms with Crippen LogP contribution in [0.15, 0.2) is 24.5 Å². The lowest BCUT2D eigenvalue weighted by Crippen LogP contribution is -2.38. The molecule has 124 valence electrons. The van der Waals surface area contributed by atoms with Crippen molar-refractivity contribution in [3.63, 3.8) is 0 Å². The maximum Gasteiger partial charge on any atom is 0.293 e. The smallest absolute Gasteiger partial charge is 0.293 e. The van der Waals surface area contributed by atoms with Crippen molar-refractivity contribution < 1.29 is 4.79 Å². The molecule has 0 bridgehead atoms. The summed E-state index contributed by atoms with van der Waals surface area (Å²) in [5.74, 6) is 0.550. The number of rotatable bonds is 3. The SMILES string of the molecule is Cc1cc(C)n2nc(C(=O)N3CCCC3Cn3cccn3)nc2n1. The number of amides is 1. The van der Waals surface area contributed by atoms with E-state index in [-0.39, 0.29) is 17.8 Å². The van der Waals surface area contributed by atoms with Crippen molar-refractivity contribution >= 4 is 11.7 Å². The first-order valence-electron chi connectivity index (χ1n) is 8.11. The van der Waals surface area contributed by atoms with Crippen molar-refractivity contribution in [2.75, 3.05) is 6.54 Å². The molecular formula is C16H19N7O. The zero-order valence-electron chi connectivity index (χ0n) is 13.8. The van der Waals surface area contributed by atoms with Crippen LogP contribution in [0.1, 0.15) is 34.8 Å². The minimum absolute atomic E-state index is 0.125. The Bertz CT molecular complexity index is 883. The van der Waals surface area contributed by atoms with E-state index in [2.05, 4.69) is 20.2 Å². The van der Waals surface area contributed by atoms with E-state index in [1.807, 2.05) is 41.8 Å². The van der Waals surface area contributed by atoms with Gasteiger partial charge in [-0.2, -0.15) is 10.1 Å². The van der Waals surface area contributed by atoms with E-state index in [1.165, 1.54) is 0 Å². The van der Waals surface area contributed by atoms with Crippen LogP contribution in [-0.4, -0.2) is 52.8 Å². The number of hydrogen-bond donors (Lipinski definition) is 0. The molecule has 8 nitrogen and oxygen atoms in total. The second-order valence-corrected chi connectivity index (χ2v) is 6.21. The summed E-state index contributed by atoms with van der Waals surface area (Å²) in [6.07, 6.45) is 5.62. The molecule has 1 fully saturated rings. The highest BCUT2D eigenvalue weighted by Gasteiger charge is 2.32. The predicted octanol–water partition coefficient (Wildman–Crippen LogP) is 1.24. The maximum atomic E-state index is 12.9. The van der Waals surface area contributed by atoms with Gasteiger partial charge in [0.15, 0.2) is 0 Å². The number of aromatic nitrogens is 6. The number of hydrogen-bond acceptors (Lipinski definition) is 5. The van der Waals surface area contributed by atoms with Gasteiger partial charge in [0.25, 0.3) is 11.7 Å². The molecule has 1 unspecified atom stereocenters. The monoisotopic (exact) mass is 325 g/mol. The highest BCUT2D eigenvalue weighted by molar-refractivity contribution is 5.91. The van der Waals surface area contributed by atoms with Crippen molar-refractivity contribution in [2.45, 2.75) is 39.3 Å². The first kappa shape index (κ1) is 14.8. The molecule has 0 radical (unpaired) electrons. The van der Waals surface area contributed by atoms with Crippen molar-refractivity contribution in [3.8, 4) is 0 Å². The van der Waals surface area contributed by atoms with Crippen molar-refractivity contribution in [3.05, 3.63) is 41.7 Å². The van der Waals surface area contributed by atoms with Gasteiger partial charge in [-0.15, -0.1) is 5.10 Å². The van der Waals surface area contributed by atoms with E-state index in [1.54, 1.807) is 10.7 Å². The van der Waals surface area contributed by atoms with Crippen molar-refractivity contribution in [1.29, 1.82) is 0 Å². The van der Waals surface area contributed by atoms with E-state index in [4.69, 9.17) is 0 Å². The molecule has 1 amide bonds. The van der Waals surface area contributed by atoms with Gasteiger partial charge in [0.05, 0.1) is 12.6 Å². The Morgan fingerprint density at radius 3 is 3.00 bits per heavy atom. The molecule has 0 aromatic carbocycles. The average Bonchev–Trinajstić information content (AvgIpc) is 3.26. The average molecular weight is 325 g/mol. The number of carbonyl (C=O) groups is 1. The summed E-state index contributed by atoms with van der Waals surface area (Å²) in [5, 5.41) is 8.59. The Kier molecular flexibility index (Phi) is 3.51. The van der Waals surface area contributed by atoms with Gasteiger partial charge in [-0.3, -0.25) is 9.48 Å². The normalized spacial score (nSPS) is 17.8. The molecule has 1 saturated heterocycles. The van der Waals surface area contributed by atoms with Gasteiger partial charge in [-0.1, -0.05) is 0 Å². The first-order valence-corrected chi connectivity index (χ1v) is 8.11. The summed E-state index contributed by atoms with van der Waals surface area (Å²) >= 11 is 0. The summed E-state index contributed by atoms with van der Waals surface area (Å²) in [6.45, 7) is 5.26. The van der Waals surface area contributed by atoms with Crippen LogP contribution in [0.5, 0.6) is 0 Å². The Morgan fingerprint density at radius 2 is 2.21 bits per heavy atom. The summed E-state index contributed by atoms with van der Waals surface area (Å²) in [6, 6.07) is 3.94. The van der Waals surface area contributed by atoms with Gasteiger partial charge in [0.1, 0.15) is 0 Å². The van der Waals surface area contributed by atoms with Crippen LogP contribution >= 0.6 is 0 Å². The van der Waals surface area contributed by atoms with Crippen LogP contribution in [0.3, 0.4) is 0 Å². The highest BCUT2D eigenvalue weighted by Crippen LogP contribution is 2.21. The van der Waals surface area contributed by atoms with Gasteiger partial charge in [0.2, 0.25) is 5.82 Å². The molecule has 1 atom stereocenters. The minimum atomic E-state index is -0.132. The zero-order valence-corrected chi connectivity index (χ0v) is 13.8. The van der Waals surface area contributed by atoms with Gasteiger partial charge in [-0.25, -0.2) is 9.50 Å². The molecule has 3 aromatic rings. The molecule has 0 aliphatic carbocycles. The largest absolute Gasteiger partial charge is 0.331 e. The van der Waals surface area contributed by atoms with Crippen LogP contribution < -0.4 is 0 Å². The fourth-order valence-corrected chi connectivity index (χ4v) is 3.30. The molecule has 24 heavy (non-hydrogen) atoms. The van der Waals surface area contributed by atoms with Gasteiger partial charge >= 0.3 is 0 Å². The fraction of sp³-hybridized carbons (Fsp3) is 0.438. The zero-order chi connectivity index (χ0) is 16.7. The third-order valence-corrected chi connectivity index (χ3v) is 4.40. The quantitative estimate of drug-likeness (QED) is 0.724. The number of likely N-dealkylation sites (tertiary alicyclic amines) is 1. The van der Waals surface area contributed by atoms with Gasteiger partial charge in [0, 0.05) is 30.3 Å². The fourth-order valence-electron chi connectivity index (χ4n) is 3.30. The predicted molar refractivity (Wildman–Crippen MR) is 86.5 cm³/mol. The van der Waals surface area contributed by atoms with Gasteiger partial charge < -0.3 is 4.90 Å². The molecule has 1 aliphatic heterocycles. The molecule has 1 aliphatic rings. The van der Waals surface area contributed by atoms with E-state index in [0.717, 1.165) is 30.8 Å². The molecule has 0 N–H and O–H groups in total. The molecular weight excluding hydrogens is 306 g/mol. The number of fused-ring (bicyclic) bond motifs is 1. The van der Waals surface area contributed by atoms with E-state index < -0.39 is 0 Å². The van der Waals surface area contributed by atoms with Crippen molar-refractivity contribution in [2.24, 2.45) is 0 Å². The Morgan fingerprint density at radius 1 is 1.33 bits per heavy atom. The topological polar surface area (TPSA) is 81.2 Å². The van der Waals surface area contributed by atoms with Crippen LogP contribution in [0.4, 0.5) is 0 Å². The minimum Gasteiger partial charge on any atom is -0.331 e. The molecule has 0 spiro atoms. The summed E-state index contributed by atoms with van der Waals surface area (Å²) in [4.78, 5) is 23.4. The first-order chi connectivity index (χ1) is 11.6. The molecule has 3 aromatic heterocycles. The summed E-state index contributed by atoms with van der Waals surface area (Å²) < 4.78 is 3.49. The second-order valence-electron chi connectivity index (χ2n) is 6.21. The lowest BCUT2D eigenvalue weighted by atomic mass is 10.2. The number of aryl methyl sites for hydroxylation is 2. The van der Waals surface area contributed by atoms with Crippen molar-refractivity contribution in [1.82, 2.24) is 34.3 Å². The summed E-state index contributed by atoms with van der Waals surface area (Å²) in [7, 11) is 0. The molecule has 8 heteroatoms. The van der Waals surface area contributed by atoms with Crippen LogP contribution in [0.2, 0.25) is 0 Å². The van der Waals surface area contributed by atoms with Crippen LogP contribution in [0, 0.1) is 13.8 Å². The van der Waals surface area contributed by atoms with Crippen LogP contribution in [0.25, 0.3) is 5.78 Å². The molecule has 0 saturated carbocycles. The Hall–Kier alpha value is -2.77. The molecule has 4 rings (SSSR count).